The Morgan fingerprint density at radius 2 is 1.96 bits per heavy atom. The molecule has 1 aromatic carbocycles. The van der Waals surface area contributed by atoms with Crippen molar-refractivity contribution in [2.24, 2.45) is 0 Å². The fraction of sp³-hybridized carbons (Fsp3) is 0.474. The largest absolute Gasteiger partial charge is 0.351 e. The fourth-order valence-corrected chi connectivity index (χ4v) is 2.70. The van der Waals surface area contributed by atoms with Gasteiger partial charge in [-0.25, -0.2) is 4.98 Å². The van der Waals surface area contributed by atoms with Crippen LogP contribution in [0, 0.1) is 0 Å². The number of hydrogen-bond donors (Lipinski definition) is 1. The van der Waals surface area contributed by atoms with Gasteiger partial charge in [0.1, 0.15) is 0 Å². The van der Waals surface area contributed by atoms with Crippen molar-refractivity contribution >= 4 is 5.91 Å². The Bertz CT molecular complexity index is 630. The normalized spacial score (nSPS) is 11.7. The van der Waals surface area contributed by atoms with Crippen molar-refractivity contribution in [3.05, 3.63) is 48.5 Å². The van der Waals surface area contributed by atoms with E-state index < -0.39 is 0 Å². The summed E-state index contributed by atoms with van der Waals surface area (Å²) < 4.78 is 1.94. The van der Waals surface area contributed by atoms with Crippen LogP contribution in [0.25, 0.3) is 5.69 Å². The van der Waals surface area contributed by atoms with E-state index in [9.17, 15) is 4.79 Å². The van der Waals surface area contributed by atoms with Gasteiger partial charge in [0.05, 0.1) is 12.7 Å². The van der Waals surface area contributed by atoms with Gasteiger partial charge in [-0.15, -0.1) is 0 Å². The molecule has 1 aromatic heterocycles. The molecule has 0 atom stereocenters. The molecule has 0 saturated carbocycles. The van der Waals surface area contributed by atoms with E-state index in [1.807, 2.05) is 35.0 Å². The lowest BCUT2D eigenvalue weighted by atomic mass is 9.97. The minimum absolute atomic E-state index is 0.0697. The van der Waals surface area contributed by atoms with Crippen molar-refractivity contribution in [3.8, 4) is 5.69 Å². The van der Waals surface area contributed by atoms with Crippen LogP contribution in [0.2, 0.25) is 0 Å². The highest BCUT2D eigenvalue weighted by molar-refractivity contribution is 5.79. The lowest BCUT2D eigenvalue weighted by molar-refractivity contribution is -0.122. The number of imidazole rings is 1. The Hall–Kier alpha value is -2.14. The molecule has 0 spiro atoms. The summed E-state index contributed by atoms with van der Waals surface area (Å²) in [6, 6.07) is 8.00. The van der Waals surface area contributed by atoms with Crippen LogP contribution >= 0.6 is 0 Å². The number of benzene rings is 1. The fourth-order valence-electron chi connectivity index (χ4n) is 2.70. The quantitative estimate of drug-likeness (QED) is 0.810. The first-order chi connectivity index (χ1) is 11.4. The second-order valence-corrected chi connectivity index (χ2v) is 7.15. The minimum atomic E-state index is -0.177. The molecule has 0 unspecified atom stereocenters. The Morgan fingerprint density at radius 3 is 2.54 bits per heavy atom. The highest BCUT2D eigenvalue weighted by atomic mass is 16.1. The summed E-state index contributed by atoms with van der Waals surface area (Å²) in [5.74, 6) is 0.0697. The first-order valence-electron chi connectivity index (χ1n) is 8.39. The van der Waals surface area contributed by atoms with Gasteiger partial charge in [0, 0.05) is 23.6 Å². The molecule has 5 heteroatoms. The Morgan fingerprint density at radius 1 is 1.25 bits per heavy atom. The number of nitrogens with one attached hydrogen (secondary N) is 1. The molecule has 24 heavy (non-hydrogen) atoms. The van der Waals surface area contributed by atoms with E-state index in [1.54, 1.807) is 12.5 Å². The molecule has 0 aliphatic carbocycles. The Labute approximate surface area is 144 Å². The SMILES string of the molecule is CN(C)CCCC(C)(C)NC(=O)Cc1ccc(-n2ccnc2)cc1. The number of hydrogen-bond acceptors (Lipinski definition) is 3. The molecule has 1 N–H and O–H groups in total. The van der Waals surface area contributed by atoms with E-state index in [2.05, 4.69) is 43.1 Å². The van der Waals surface area contributed by atoms with E-state index in [-0.39, 0.29) is 11.4 Å². The smallest absolute Gasteiger partial charge is 0.224 e. The zero-order valence-electron chi connectivity index (χ0n) is 15.1. The topological polar surface area (TPSA) is 50.2 Å². The van der Waals surface area contributed by atoms with Gasteiger partial charge in [0.25, 0.3) is 0 Å². The molecule has 0 bridgehead atoms. The second kappa shape index (κ2) is 8.11. The number of carbonyl (C=O) groups excluding carboxylic acids is 1. The molecule has 0 fully saturated rings. The minimum Gasteiger partial charge on any atom is -0.351 e. The van der Waals surface area contributed by atoms with E-state index in [1.165, 1.54) is 0 Å². The van der Waals surface area contributed by atoms with E-state index >= 15 is 0 Å². The van der Waals surface area contributed by atoms with Crippen LogP contribution in [0.15, 0.2) is 43.0 Å². The van der Waals surface area contributed by atoms with Gasteiger partial charge in [-0.3, -0.25) is 4.79 Å². The summed E-state index contributed by atoms with van der Waals surface area (Å²) in [7, 11) is 4.14. The van der Waals surface area contributed by atoms with Crippen LogP contribution in [0.4, 0.5) is 0 Å². The van der Waals surface area contributed by atoms with Crippen LogP contribution in [0.5, 0.6) is 0 Å². The summed E-state index contributed by atoms with van der Waals surface area (Å²) in [6.45, 7) is 5.21. The molecular formula is C19H28N4O. The number of rotatable bonds is 8. The van der Waals surface area contributed by atoms with E-state index in [0.717, 1.165) is 30.6 Å². The highest BCUT2D eigenvalue weighted by Gasteiger charge is 2.20. The van der Waals surface area contributed by atoms with Crippen molar-refractivity contribution in [2.75, 3.05) is 20.6 Å². The van der Waals surface area contributed by atoms with Gasteiger partial charge in [-0.1, -0.05) is 12.1 Å². The number of amides is 1. The molecular weight excluding hydrogens is 300 g/mol. The summed E-state index contributed by atoms with van der Waals surface area (Å²) in [5, 5.41) is 3.15. The van der Waals surface area contributed by atoms with Gasteiger partial charge >= 0.3 is 0 Å². The molecule has 0 saturated heterocycles. The molecule has 2 aromatic rings. The van der Waals surface area contributed by atoms with Gasteiger partial charge in [0.15, 0.2) is 0 Å². The maximum absolute atomic E-state index is 12.3. The summed E-state index contributed by atoms with van der Waals surface area (Å²) in [5.41, 5.74) is 1.88. The lowest BCUT2D eigenvalue weighted by Gasteiger charge is -2.27. The Kier molecular flexibility index (Phi) is 6.15. The average Bonchev–Trinajstić information content (AvgIpc) is 3.00. The molecule has 0 aliphatic rings. The van der Waals surface area contributed by atoms with Crippen LogP contribution in [0.1, 0.15) is 32.3 Å². The summed E-state index contributed by atoms with van der Waals surface area (Å²) in [6.07, 6.45) is 7.85. The first-order valence-corrected chi connectivity index (χ1v) is 8.39. The second-order valence-electron chi connectivity index (χ2n) is 7.15. The van der Waals surface area contributed by atoms with Gasteiger partial charge in [0.2, 0.25) is 5.91 Å². The summed E-state index contributed by atoms with van der Waals surface area (Å²) in [4.78, 5) is 18.5. The molecule has 1 amide bonds. The van der Waals surface area contributed by atoms with Crippen molar-refractivity contribution in [3.63, 3.8) is 0 Å². The Balaban J connectivity index is 1.85. The first kappa shape index (κ1) is 18.2. The zero-order valence-corrected chi connectivity index (χ0v) is 15.1. The van der Waals surface area contributed by atoms with Crippen LogP contribution < -0.4 is 5.32 Å². The van der Waals surface area contributed by atoms with Gasteiger partial charge in [-0.2, -0.15) is 0 Å². The van der Waals surface area contributed by atoms with Crippen LogP contribution in [0.3, 0.4) is 0 Å². The van der Waals surface area contributed by atoms with Crippen molar-refractivity contribution in [2.45, 2.75) is 38.6 Å². The third-order valence-electron chi connectivity index (χ3n) is 3.99. The number of nitrogens with zero attached hydrogens (tertiary/aromatic N) is 3. The average molecular weight is 328 g/mol. The van der Waals surface area contributed by atoms with E-state index in [4.69, 9.17) is 0 Å². The third-order valence-corrected chi connectivity index (χ3v) is 3.99. The van der Waals surface area contributed by atoms with E-state index in [0.29, 0.717) is 6.42 Å². The molecule has 5 nitrogen and oxygen atoms in total. The van der Waals surface area contributed by atoms with Crippen molar-refractivity contribution < 1.29 is 4.79 Å². The predicted octanol–water partition coefficient (Wildman–Crippen LogP) is 2.65. The molecule has 0 radical (unpaired) electrons. The molecule has 130 valence electrons. The predicted molar refractivity (Wildman–Crippen MR) is 97.3 cm³/mol. The molecule has 1 heterocycles. The van der Waals surface area contributed by atoms with Crippen LogP contribution in [-0.4, -0.2) is 46.5 Å². The number of aromatic nitrogens is 2. The lowest BCUT2D eigenvalue weighted by Crippen LogP contribution is -2.44. The molecule has 2 rings (SSSR count). The number of carbonyl (C=O) groups is 1. The van der Waals surface area contributed by atoms with Gasteiger partial charge < -0.3 is 14.8 Å². The maximum atomic E-state index is 12.3. The standard InChI is InChI=1S/C19H28N4O/c1-19(2,10-5-12-22(3)4)21-18(24)14-16-6-8-17(9-7-16)23-13-11-20-15-23/h6-9,11,13,15H,5,10,12,14H2,1-4H3,(H,21,24). The maximum Gasteiger partial charge on any atom is 0.224 e. The summed E-state index contributed by atoms with van der Waals surface area (Å²) >= 11 is 0. The zero-order chi connectivity index (χ0) is 17.6. The molecule has 0 aliphatic heterocycles. The highest BCUT2D eigenvalue weighted by Crippen LogP contribution is 2.13. The van der Waals surface area contributed by atoms with Gasteiger partial charge in [-0.05, 0) is 65.0 Å². The monoisotopic (exact) mass is 328 g/mol. The third kappa shape index (κ3) is 5.81. The van der Waals surface area contributed by atoms with Crippen LogP contribution in [-0.2, 0) is 11.2 Å². The van der Waals surface area contributed by atoms with Crippen molar-refractivity contribution in [1.82, 2.24) is 19.8 Å². The van der Waals surface area contributed by atoms with Crippen molar-refractivity contribution in [1.29, 1.82) is 0 Å².